The molecule has 2 heterocycles. The lowest BCUT2D eigenvalue weighted by Gasteiger charge is -2.20. The van der Waals surface area contributed by atoms with Gasteiger partial charge < -0.3 is 4.90 Å². The number of hydrogen-bond acceptors (Lipinski definition) is 4. The monoisotopic (exact) mass is 429 g/mol. The Morgan fingerprint density at radius 2 is 2.15 bits per heavy atom. The third-order valence-corrected chi connectivity index (χ3v) is 5.95. The maximum Gasteiger partial charge on any atom is 0.272 e. The predicted molar refractivity (Wildman–Crippen MR) is 114 cm³/mol. The number of carbonyl (C=O) groups excluding carboxylic acids is 1. The maximum atomic E-state index is 13.3. The van der Waals surface area contributed by atoms with Gasteiger partial charge in [-0.3, -0.25) is 9.69 Å². The molecule has 134 valence electrons. The molecule has 0 unspecified atom stereocenters. The molecule has 1 amide bonds. The van der Waals surface area contributed by atoms with Crippen LogP contribution >= 0.6 is 27.3 Å². The average Bonchev–Trinajstić information content (AvgIpc) is 2.81. The van der Waals surface area contributed by atoms with Crippen LogP contribution in [0.15, 0.2) is 59.5 Å². The zero-order valence-electron chi connectivity index (χ0n) is 15.0. The number of aromatic nitrogens is 1. The Labute approximate surface area is 166 Å². The van der Waals surface area contributed by atoms with Crippen molar-refractivity contribution in [1.29, 1.82) is 0 Å². The van der Waals surface area contributed by atoms with E-state index < -0.39 is 0 Å². The number of allylic oxidation sites excluding steroid dienone is 5. The van der Waals surface area contributed by atoms with Crippen LogP contribution in [-0.4, -0.2) is 29.9 Å². The summed E-state index contributed by atoms with van der Waals surface area (Å²) in [6.45, 7) is 5.84. The van der Waals surface area contributed by atoms with Crippen LogP contribution in [0.3, 0.4) is 0 Å². The Morgan fingerprint density at radius 3 is 2.85 bits per heavy atom. The Kier molecular flexibility index (Phi) is 5.44. The number of rotatable bonds is 4. The molecular weight excluding hydrogens is 410 g/mol. The lowest BCUT2D eigenvalue weighted by molar-refractivity contribution is 0.0860. The van der Waals surface area contributed by atoms with Crippen molar-refractivity contribution >= 4 is 49.1 Å². The number of hydrogen-bond donors (Lipinski definition) is 0. The predicted octanol–water partition coefficient (Wildman–Crippen LogP) is 5.38. The smallest absolute Gasteiger partial charge is 0.272 e. The van der Waals surface area contributed by atoms with Crippen LogP contribution in [-0.2, 0) is 0 Å². The van der Waals surface area contributed by atoms with Crippen molar-refractivity contribution in [2.24, 2.45) is 0 Å². The second-order valence-corrected chi connectivity index (χ2v) is 8.05. The molecule has 0 N–H and O–H groups in total. The minimum absolute atomic E-state index is 0.0729. The summed E-state index contributed by atoms with van der Waals surface area (Å²) < 4.78 is 0.974. The Morgan fingerprint density at radius 1 is 1.38 bits per heavy atom. The normalized spacial score (nSPS) is 13.8. The molecule has 0 saturated heterocycles. The van der Waals surface area contributed by atoms with Gasteiger partial charge in [-0.05, 0) is 30.7 Å². The maximum absolute atomic E-state index is 13.3. The van der Waals surface area contributed by atoms with E-state index in [9.17, 15) is 4.79 Å². The fourth-order valence-electron chi connectivity index (χ4n) is 2.94. The number of aryl methyl sites for hydroxylation is 1. The van der Waals surface area contributed by atoms with Crippen molar-refractivity contribution in [3.63, 3.8) is 0 Å². The molecule has 1 aliphatic rings. The van der Waals surface area contributed by atoms with Gasteiger partial charge in [0, 0.05) is 54.2 Å². The summed E-state index contributed by atoms with van der Waals surface area (Å²) in [6.07, 6.45) is 11.9. The molecule has 2 aromatic heterocycles. The van der Waals surface area contributed by atoms with E-state index in [0.717, 1.165) is 31.6 Å². The molecule has 0 fully saturated rings. The molecule has 0 aliphatic heterocycles. The number of thiophene rings is 1. The van der Waals surface area contributed by atoms with Gasteiger partial charge in [0.25, 0.3) is 5.91 Å². The number of carbonyl (C=O) groups is 1. The van der Waals surface area contributed by atoms with Crippen LogP contribution < -0.4 is 4.90 Å². The van der Waals surface area contributed by atoms with Crippen molar-refractivity contribution in [3.05, 3.63) is 70.0 Å². The van der Waals surface area contributed by atoms with Crippen molar-refractivity contribution in [2.45, 2.75) is 13.3 Å². The number of amides is 1. The van der Waals surface area contributed by atoms with Gasteiger partial charge in [-0.15, -0.1) is 11.3 Å². The molecule has 0 spiro atoms. The molecule has 2 aromatic rings. The van der Waals surface area contributed by atoms with Crippen LogP contribution in [0, 0.1) is 6.92 Å². The molecular formula is C20H20BrN3OS. The Bertz CT molecular complexity index is 969. The first-order chi connectivity index (χ1) is 12.4. The third-order valence-electron chi connectivity index (χ3n) is 4.23. The topological polar surface area (TPSA) is 36.4 Å². The zero-order chi connectivity index (χ0) is 18.8. The molecule has 0 aromatic carbocycles. The van der Waals surface area contributed by atoms with E-state index in [1.807, 2.05) is 56.3 Å². The summed E-state index contributed by atoms with van der Waals surface area (Å²) in [7, 11) is 3.99. The number of nitrogens with zero attached hydrogens (tertiary/aromatic N) is 3. The first kappa shape index (κ1) is 18.6. The highest BCUT2D eigenvalue weighted by Crippen LogP contribution is 2.36. The number of fused-ring (bicyclic) bond motifs is 1. The number of anilines is 1. The molecule has 0 radical (unpaired) electrons. The highest BCUT2D eigenvalue weighted by Gasteiger charge is 2.24. The largest absolute Gasteiger partial charge is 0.377 e. The van der Waals surface area contributed by atoms with E-state index in [1.54, 1.807) is 17.3 Å². The van der Waals surface area contributed by atoms with E-state index in [0.29, 0.717) is 11.3 Å². The third kappa shape index (κ3) is 3.39. The summed E-state index contributed by atoms with van der Waals surface area (Å²) in [5.74, 6) is -0.0729. The van der Waals surface area contributed by atoms with E-state index in [1.165, 1.54) is 11.3 Å². The molecule has 0 atom stereocenters. The second-order valence-electron chi connectivity index (χ2n) is 6.13. The van der Waals surface area contributed by atoms with Gasteiger partial charge in [0.15, 0.2) is 0 Å². The first-order valence-corrected chi connectivity index (χ1v) is 9.79. The fourth-order valence-corrected chi connectivity index (χ4v) is 4.36. The average molecular weight is 430 g/mol. The van der Waals surface area contributed by atoms with E-state index in [-0.39, 0.29) is 5.91 Å². The summed E-state index contributed by atoms with van der Waals surface area (Å²) in [5, 5.41) is 1.03. The highest BCUT2D eigenvalue weighted by atomic mass is 79.9. The van der Waals surface area contributed by atoms with Gasteiger partial charge in [0.05, 0.1) is 4.88 Å². The van der Waals surface area contributed by atoms with Crippen molar-refractivity contribution in [1.82, 2.24) is 9.88 Å². The van der Waals surface area contributed by atoms with Gasteiger partial charge in [-0.1, -0.05) is 34.7 Å². The van der Waals surface area contributed by atoms with Crippen LogP contribution in [0.5, 0.6) is 0 Å². The summed E-state index contributed by atoms with van der Waals surface area (Å²) in [4.78, 5) is 23.0. The quantitative estimate of drug-likeness (QED) is 0.654. The van der Waals surface area contributed by atoms with E-state index >= 15 is 0 Å². The molecule has 26 heavy (non-hydrogen) atoms. The molecule has 0 saturated carbocycles. The summed E-state index contributed by atoms with van der Waals surface area (Å²) in [5.41, 5.74) is 2.91. The van der Waals surface area contributed by atoms with Gasteiger partial charge in [0.2, 0.25) is 0 Å². The van der Waals surface area contributed by atoms with Crippen LogP contribution in [0.2, 0.25) is 0 Å². The fraction of sp³-hybridized carbons (Fsp3) is 0.200. The van der Waals surface area contributed by atoms with Crippen molar-refractivity contribution in [3.8, 4) is 0 Å². The molecule has 6 heteroatoms. The van der Waals surface area contributed by atoms with Crippen molar-refractivity contribution in [2.75, 3.05) is 19.0 Å². The standard InChI is InChI=1S/C20H20BrN3OS/c1-5-24(15-8-6-7-14(21)9-10-15)20(25)18-13(2)17-16(23(3)4)11-12-22-19(17)26-18/h5-7,9-12H,1,8H2,2-4H3. The minimum atomic E-state index is -0.0729. The molecule has 1 aliphatic carbocycles. The summed E-state index contributed by atoms with van der Waals surface area (Å²) >= 11 is 4.90. The van der Waals surface area contributed by atoms with Crippen LogP contribution in [0.25, 0.3) is 10.2 Å². The second kappa shape index (κ2) is 7.60. The van der Waals surface area contributed by atoms with Gasteiger partial charge in [0.1, 0.15) is 4.83 Å². The van der Waals surface area contributed by atoms with Crippen LogP contribution in [0.1, 0.15) is 21.7 Å². The highest BCUT2D eigenvalue weighted by molar-refractivity contribution is 9.11. The number of halogens is 1. The SMILES string of the molecule is C=CN(C(=O)c1sc2nccc(N(C)C)c2c1C)C1=CC=C(Br)C=CC1. The minimum Gasteiger partial charge on any atom is -0.377 e. The zero-order valence-corrected chi connectivity index (χ0v) is 17.4. The van der Waals surface area contributed by atoms with Crippen LogP contribution in [0.4, 0.5) is 5.69 Å². The first-order valence-electron chi connectivity index (χ1n) is 8.18. The van der Waals surface area contributed by atoms with Gasteiger partial charge >= 0.3 is 0 Å². The van der Waals surface area contributed by atoms with Gasteiger partial charge in [-0.25, -0.2) is 4.98 Å². The molecule has 4 nitrogen and oxygen atoms in total. The Balaban J connectivity index is 2.07. The van der Waals surface area contributed by atoms with E-state index in [4.69, 9.17) is 0 Å². The Hall–Kier alpha value is -2.18. The van der Waals surface area contributed by atoms with Gasteiger partial charge in [-0.2, -0.15) is 0 Å². The summed E-state index contributed by atoms with van der Waals surface area (Å²) in [6, 6.07) is 1.97. The van der Waals surface area contributed by atoms with E-state index in [2.05, 4.69) is 27.5 Å². The van der Waals surface area contributed by atoms with Crippen molar-refractivity contribution < 1.29 is 4.79 Å². The lowest BCUT2D eigenvalue weighted by atomic mass is 10.1. The lowest BCUT2D eigenvalue weighted by Crippen LogP contribution is -2.24. The molecule has 0 bridgehead atoms. The molecule has 3 rings (SSSR count). The number of pyridine rings is 1.